The minimum atomic E-state index is -1.08. The van der Waals surface area contributed by atoms with E-state index in [9.17, 15) is 33.2 Å². The number of amides is 5. The minimum absolute atomic E-state index is 0.0272. The number of imide groups is 2. The molecular formula is C40H40FN9O6. The summed E-state index contributed by atoms with van der Waals surface area (Å²) in [6.45, 7) is 4.42. The van der Waals surface area contributed by atoms with E-state index in [4.69, 9.17) is 5.73 Å². The minimum Gasteiger partial charge on any atom is -0.397 e. The topological polar surface area (TPSA) is 207 Å². The molecule has 1 unspecified atom stereocenters. The van der Waals surface area contributed by atoms with Gasteiger partial charge in [-0.15, -0.1) is 0 Å². The van der Waals surface area contributed by atoms with Crippen molar-refractivity contribution >= 4 is 68.5 Å². The molecule has 2 fully saturated rings. The van der Waals surface area contributed by atoms with Crippen LogP contribution in [-0.4, -0.2) is 93.1 Å². The number of piperidine rings is 1. The molecule has 0 saturated carbocycles. The highest BCUT2D eigenvalue weighted by Crippen LogP contribution is 2.33. The number of anilines is 3. The van der Waals surface area contributed by atoms with Crippen molar-refractivity contribution in [1.82, 2.24) is 30.1 Å². The number of nitrogens with one attached hydrogen (secondary N) is 4. The molecule has 288 valence electrons. The number of imidazole rings is 1. The molecule has 6 N–H and O–H groups in total. The first kappa shape index (κ1) is 36.6. The number of unbranched alkanes of at least 4 members (excludes halogenated alkanes) is 3. The van der Waals surface area contributed by atoms with E-state index in [0.717, 1.165) is 68.1 Å². The molecule has 0 spiro atoms. The number of piperazine rings is 1. The maximum Gasteiger partial charge on any atom is 0.264 e. The number of halogens is 1. The van der Waals surface area contributed by atoms with Gasteiger partial charge in [0, 0.05) is 44.7 Å². The molecule has 3 aliphatic heterocycles. The fourth-order valence-electron chi connectivity index (χ4n) is 7.92. The molecule has 1 atom stereocenters. The number of hydrogen-bond acceptors (Lipinski definition) is 10. The lowest BCUT2D eigenvalue weighted by Gasteiger charge is -2.36. The summed E-state index contributed by atoms with van der Waals surface area (Å²) in [7, 11) is 0. The van der Waals surface area contributed by atoms with Crippen molar-refractivity contribution in [2.45, 2.75) is 51.0 Å². The Morgan fingerprint density at radius 3 is 2.46 bits per heavy atom. The number of carbonyl (C=O) groups is 5. The van der Waals surface area contributed by atoms with Crippen molar-refractivity contribution in [3.8, 4) is 11.4 Å². The Labute approximate surface area is 319 Å². The summed E-state index contributed by atoms with van der Waals surface area (Å²) in [6, 6.07) is 13.9. The second kappa shape index (κ2) is 15.0. The van der Waals surface area contributed by atoms with E-state index in [1.807, 2.05) is 18.2 Å². The Balaban J connectivity index is 0.783. The second-order valence-electron chi connectivity index (χ2n) is 14.4. The van der Waals surface area contributed by atoms with Crippen molar-refractivity contribution in [3.63, 3.8) is 0 Å². The number of nitrogens with zero attached hydrogens (tertiary/aromatic N) is 4. The van der Waals surface area contributed by atoms with Crippen molar-refractivity contribution in [2.75, 3.05) is 48.7 Å². The smallest absolute Gasteiger partial charge is 0.264 e. The highest BCUT2D eigenvalue weighted by molar-refractivity contribution is 6.26. The molecule has 5 heterocycles. The fourth-order valence-corrected chi connectivity index (χ4v) is 7.92. The number of aromatic amines is 2. The number of pyridine rings is 1. The molecule has 8 rings (SSSR count). The van der Waals surface area contributed by atoms with E-state index in [1.165, 1.54) is 18.2 Å². The zero-order valence-corrected chi connectivity index (χ0v) is 30.5. The molecule has 0 aliphatic carbocycles. The highest BCUT2D eigenvalue weighted by Gasteiger charge is 2.45. The van der Waals surface area contributed by atoms with Crippen LogP contribution in [0, 0.1) is 5.82 Å². The number of nitrogen functional groups attached to an aromatic ring is 1. The van der Waals surface area contributed by atoms with Gasteiger partial charge in [0.25, 0.3) is 17.4 Å². The van der Waals surface area contributed by atoms with Gasteiger partial charge in [-0.1, -0.05) is 25.0 Å². The third-order valence-corrected chi connectivity index (χ3v) is 10.8. The lowest BCUT2D eigenvalue weighted by molar-refractivity contribution is -0.136. The van der Waals surface area contributed by atoms with Crippen LogP contribution >= 0.6 is 0 Å². The van der Waals surface area contributed by atoms with Gasteiger partial charge >= 0.3 is 0 Å². The van der Waals surface area contributed by atoms with Crippen molar-refractivity contribution < 1.29 is 28.4 Å². The van der Waals surface area contributed by atoms with Crippen molar-refractivity contribution in [1.29, 1.82) is 0 Å². The predicted molar refractivity (Wildman–Crippen MR) is 208 cm³/mol. The van der Waals surface area contributed by atoms with Gasteiger partial charge in [-0.2, -0.15) is 0 Å². The molecule has 5 aromatic rings. The maximum absolute atomic E-state index is 14.6. The molecule has 2 saturated heterocycles. The first-order valence-corrected chi connectivity index (χ1v) is 18.8. The maximum atomic E-state index is 14.6. The SMILES string of the molecule is Nc1c(-c2nc3ccc(N4CCN(CCCCCCC(=O)Nc5cccc6c5C(=O)N(C5CCC(=O)NC5=O)C6=O)CC4)cc3[nH]2)c(=O)[nH]c2cccc(F)c12. The molecule has 56 heavy (non-hydrogen) atoms. The third kappa shape index (κ3) is 6.87. The number of hydrogen-bond donors (Lipinski definition) is 5. The lowest BCUT2D eigenvalue weighted by Crippen LogP contribution is -2.54. The Bertz CT molecular complexity index is 2490. The summed E-state index contributed by atoms with van der Waals surface area (Å²) in [4.78, 5) is 92.2. The van der Waals surface area contributed by atoms with Crippen LogP contribution in [0.2, 0.25) is 0 Å². The van der Waals surface area contributed by atoms with Gasteiger partial charge in [0.2, 0.25) is 17.7 Å². The van der Waals surface area contributed by atoms with E-state index in [1.54, 1.807) is 18.2 Å². The van der Waals surface area contributed by atoms with Gasteiger partial charge in [-0.05, 0) is 68.3 Å². The number of nitrogens with two attached hydrogens (primary N) is 1. The fraction of sp³-hybridized carbons (Fsp3) is 0.325. The molecule has 15 nitrogen and oxygen atoms in total. The summed E-state index contributed by atoms with van der Waals surface area (Å²) in [6.07, 6.45) is 3.82. The number of carbonyl (C=O) groups excluding carboxylic acids is 5. The van der Waals surface area contributed by atoms with Gasteiger partial charge in [0.05, 0.1) is 44.4 Å². The molecule has 3 aliphatic rings. The van der Waals surface area contributed by atoms with Crippen LogP contribution in [0.25, 0.3) is 33.3 Å². The first-order chi connectivity index (χ1) is 27.1. The van der Waals surface area contributed by atoms with Crippen LogP contribution in [0.1, 0.15) is 65.7 Å². The van der Waals surface area contributed by atoms with Gasteiger partial charge in [0.1, 0.15) is 23.2 Å². The largest absolute Gasteiger partial charge is 0.397 e. The summed E-state index contributed by atoms with van der Waals surface area (Å²) in [5.41, 5.74) is 9.16. The molecule has 0 radical (unpaired) electrons. The van der Waals surface area contributed by atoms with Gasteiger partial charge in [-0.25, -0.2) is 9.37 Å². The zero-order chi connectivity index (χ0) is 39.1. The lowest BCUT2D eigenvalue weighted by atomic mass is 10.0. The van der Waals surface area contributed by atoms with E-state index < -0.39 is 41.0 Å². The van der Waals surface area contributed by atoms with Crippen molar-refractivity contribution in [3.05, 3.63) is 81.9 Å². The average molecular weight is 762 g/mol. The van der Waals surface area contributed by atoms with Crippen LogP contribution in [0.5, 0.6) is 0 Å². The first-order valence-electron chi connectivity index (χ1n) is 18.8. The highest BCUT2D eigenvalue weighted by atomic mass is 19.1. The van der Waals surface area contributed by atoms with Crippen LogP contribution in [0.15, 0.2) is 59.4 Å². The molecule has 16 heteroatoms. The molecule has 5 amide bonds. The van der Waals surface area contributed by atoms with Gasteiger partial charge < -0.3 is 25.9 Å². The predicted octanol–water partition coefficient (Wildman–Crippen LogP) is 3.91. The van der Waals surface area contributed by atoms with Crippen LogP contribution in [0.3, 0.4) is 0 Å². The number of fused-ring (bicyclic) bond motifs is 3. The number of aromatic nitrogens is 3. The van der Waals surface area contributed by atoms with Crippen molar-refractivity contribution in [2.24, 2.45) is 0 Å². The van der Waals surface area contributed by atoms with Gasteiger partial charge in [0.15, 0.2) is 0 Å². The Kier molecular flexibility index (Phi) is 9.80. The Hall–Kier alpha value is -6.42. The summed E-state index contributed by atoms with van der Waals surface area (Å²) in [5.74, 6) is -2.92. The monoisotopic (exact) mass is 761 g/mol. The summed E-state index contributed by atoms with van der Waals surface area (Å²) < 4.78 is 14.6. The number of rotatable bonds is 11. The Morgan fingerprint density at radius 2 is 1.66 bits per heavy atom. The van der Waals surface area contributed by atoms with Gasteiger partial charge in [-0.3, -0.25) is 43.9 Å². The Morgan fingerprint density at radius 1 is 0.875 bits per heavy atom. The van der Waals surface area contributed by atoms with E-state index in [-0.39, 0.29) is 64.4 Å². The normalized spacial score (nSPS) is 17.6. The van der Waals surface area contributed by atoms with Crippen LogP contribution in [0.4, 0.5) is 21.5 Å². The second-order valence-corrected chi connectivity index (χ2v) is 14.4. The summed E-state index contributed by atoms with van der Waals surface area (Å²) in [5, 5.41) is 5.12. The quantitative estimate of drug-likeness (QED) is 0.0969. The molecule has 0 bridgehead atoms. The van der Waals surface area contributed by atoms with E-state index in [0.29, 0.717) is 17.5 Å². The molecular weight excluding hydrogens is 721 g/mol. The molecule has 3 aromatic carbocycles. The van der Waals surface area contributed by atoms with Crippen LogP contribution in [-0.2, 0) is 14.4 Å². The van der Waals surface area contributed by atoms with E-state index in [2.05, 4.69) is 35.4 Å². The number of H-pyrrole nitrogens is 2. The summed E-state index contributed by atoms with van der Waals surface area (Å²) >= 11 is 0. The standard InChI is InChI=1S/C40H40FN9O6/c41-24-8-6-10-27-33(24)35(42)34(38(54)46-27)36-44-25-13-12-22(21-28(25)45-36)49-19-17-48(18-20-49)16-4-2-1-3-11-30(51)43-26-9-5-7-23-32(26)40(56)50(39(23)55)29-14-15-31(52)47-37(29)53/h5-10,12-13,21,29H,1-4,11,14-20H2,(H,43,51)(H,44,45)(H3,42,46,54)(H,47,52,53). The third-order valence-electron chi connectivity index (χ3n) is 10.8. The molecule has 2 aromatic heterocycles. The average Bonchev–Trinajstić information content (AvgIpc) is 3.70. The van der Waals surface area contributed by atoms with E-state index >= 15 is 0 Å². The number of benzene rings is 3. The zero-order valence-electron chi connectivity index (χ0n) is 30.5. The van der Waals surface area contributed by atoms with Crippen LogP contribution < -0.4 is 26.8 Å².